The first-order chi connectivity index (χ1) is 12.3. The van der Waals surface area contributed by atoms with Crippen LogP contribution in [0.25, 0.3) is 0 Å². The molecule has 0 fully saturated rings. The van der Waals surface area contributed by atoms with Crippen molar-refractivity contribution < 1.29 is 13.5 Å². The number of ether oxygens (including phenoxy) is 1. The molecule has 2 aromatic carbocycles. The van der Waals surface area contributed by atoms with E-state index in [4.69, 9.17) is 47.6 Å². The van der Waals surface area contributed by atoms with Crippen LogP contribution in [-0.2, 0) is 0 Å². The Kier molecular flexibility index (Phi) is 7.58. The zero-order valence-electron chi connectivity index (χ0n) is 12.9. The lowest BCUT2D eigenvalue weighted by Crippen LogP contribution is -2.45. The normalized spacial score (nSPS) is 10.2. The highest BCUT2D eigenvalue weighted by atomic mass is 35.5. The minimum Gasteiger partial charge on any atom is -0.435 e. The molecule has 138 valence electrons. The summed E-state index contributed by atoms with van der Waals surface area (Å²) in [4.78, 5) is 0. The number of rotatable bonds is 4. The highest BCUT2D eigenvalue weighted by Gasteiger charge is 2.05. The summed E-state index contributed by atoms with van der Waals surface area (Å²) >= 11 is 22.0. The van der Waals surface area contributed by atoms with Crippen molar-refractivity contribution >= 4 is 69.2 Å². The third-order valence-electron chi connectivity index (χ3n) is 2.80. The van der Waals surface area contributed by atoms with Crippen molar-refractivity contribution in [2.45, 2.75) is 6.61 Å². The van der Waals surface area contributed by atoms with Crippen LogP contribution in [0.2, 0.25) is 10.0 Å². The van der Waals surface area contributed by atoms with Crippen LogP contribution in [0.1, 0.15) is 0 Å². The second-order valence-electron chi connectivity index (χ2n) is 4.69. The van der Waals surface area contributed by atoms with Crippen molar-refractivity contribution in [1.29, 1.82) is 0 Å². The third-order valence-corrected chi connectivity index (χ3v) is 3.95. The molecule has 26 heavy (non-hydrogen) atoms. The van der Waals surface area contributed by atoms with Crippen molar-refractivity contribution in [2.24, 2.45) is 0 Å². The van der Waals surface area contributed by atoms with E-state index in [1.54, 1.807) is 18.2 Å². The Bertz CT molecular complexity index is 794. The number of hydrogen-bond acceptors (Lipinski definition) is 3. The number of halogens is 4. The van der Waals surface area contributed by atoms with Crippen molar-refractivity contribution in [3.8, 4) is 5.75 Å². The topological polar surface area (TPSA) is 57.4 Å². The molecule has 2 aromatic rings. The molecule has 0 aliphatic heterocycles. The van der Waals surface area contributed by atoms with E-state index in [9.17, 15) is 8.78 Å². The van der Waals surface area contributed by atoms with Crippen molar-refractivity contribution in [3.63, 3.8) is 0 Å². The van der Waals surface area contributed by atoms with E-state index in [1.807, 2.05) is 0 Å². The van der Waals surface area contributed by atoms with E-state index < -0.39 is 6.61 Å². The molecule has 0 unspecified atom stereocenters. The summed E-state index contributed by atoms with van der Waals surface area (Å²) in [6.07, 6.45) is 0. The van der Waals surface area contributed by atoms with Crippen molar-refractivity contribution in [2.75, 3.05) is 10.6 Å². The molecule has 0 aliphatic rings. The van der Waals surface area contributed by atoms with Crippen molar-refractivity contribution in [3.05, 3.63) is 52.5 Å². The van der Waals surface area contributed by atoms with E-state index in [0.717, 1.165) is 0 Å². The van der Waals surface area contributed by atoms with E-state index >= 15 is 0 Å². The summed E-state index contributed by atoms with van der Waals surface area (Å²) in [6, 6.07) is 10.8. The number of anilines is 2. The fourth-order valence-electron chi connectivity index (χ4n) is 1.73. The fourth-order valence-corrected chi connectivity index (χ4v) is 2.37. The van der Waals surface area contributed by atoms with Crippen LogP contribution < -0.4 is 26.2 Å². The van der Waals surface area contributed by atoms with Gasteiger partial charge in [0.1, 0.15) is 5.75 Å². The number of alkyl halides is 2. The molecule has 0 aliphatic carbocycles. The number of hydrogen-bond donors (Lipinski definition) is 4. The first-order valence-electron chi connectivity index (χ1n) is 6.97. The molecule has 4 N–H and O–H groups in total. The summed E-state index contributed by atoms with van der Waals surface area (Å²) in [7, 11) is 0. The maximum absolute atomic E-state index is 12.1. The van der Waals surface area contributed by atoms with Gasteiger partial charge >= 0.3 is 6.61 Å². The minimum absolute atomic E-state index is 0.0505. The van der Waals surface area contributed by atoms with E-state index in [0.29, 0.717) is 21.4 Å². The van der Waals surface area contributed by atoms with E-state index in [-0.39, 0.29) is 16.0 Å². The second-order valence-corrected chi connectivity index (χ2v) is 6.32. The van der Waals surface area contributed by atoms with E-state index in [1.165, 1.54) is 24.3 Å². The Morgan fingerprint density at radius 1 is 0.846 bits per heavy atom. The van der Waals surface area contributed by atoms with Crippen LogP contribution in [0.5, 0.6) is 5.75 Å². The molecule has 0 heterocycles. The summed E-state index contributed by atoms with van der Waals surface area (Å²) in [5.41, 5.74) is 6.59. The highest BCUT2D eigenvalue weighted by Crippen LogP contribution is 2.24. The Hall–Kier alpha value is -1.94. The smallest absolute Gasteiger partial charge is 0.387 e. The lowest BCUT2D eigenvalue weighted by Gasteiger charge is -2.15. The quantitative estimate of drug-likeness (QED) is 0.406. The Morgan fingerprint density at radius 3 is 1.92 bits per heavy atom. The number of hydrazine groups is 1. The average molecular weight is 437 g/mol. The maximum Gasteiger partial charge on any atom is 0.387 e. The molecule has 0 saturated carbocycles. The molecule has 0 amide bonds. The van der Waals surface area contributed by atoms with Gasteiger partial charge in [0.2, 0.25) is 0 Å². The zero-order chi connectivity index (χ0) is 19.1. The number of benzene rings is 2. The summed E-state index contributed by atoms with van der Waals surface area (Å²) in [5, 5.41) is 7.03. The monoisotopic (exact) mass is 436 g/mol. The van der Waals surface area contributed by atoms with Crippen LogP contribution in [-0.4, -0.2) is 16.8 Å². The Morgan fingerprint density at radius 2 is 1.38 bits per heavy atom. The van der Waals surface area contributed by atoms with Crippen molar-refractivity contribution in [1.82, 2.24) is 10.9 Å². The molecule has 11 heteroatoms. The average Bonchev–Trinajstić information content (AvgIpc) is 2.58. The van der Waals surface area contributed by atoms with Gasteiger partial charge in [0.15, 0.2) is 10.2 Å². The van der Waals surface area contributed by atoms with Crippen LogP contribution >= 0.6 is 47.6 Å². The lowest BCUT2D eigenvalue weighted by atomic mass is 10.3. The fraction of sp³-hybridized carbons (Fsp3) is 0.0667. The largest absolute Gasteiger partial charge is 0.435 e. The molecule has 0 spiro atoms. The Balaban J connectivity index is 1.78. The minimum atomic E-state index is -2.87. The lowest BCUT2D eigenvalue weighted by molar-refractivity contribution is -0.0498. The molecular weight excluding hydrogens is 425 g/mol. The van der Waals surface area contributed by atoms with Gasteiger partial charge in [0, 0.05) is 11.4 Å². The summed E-state index contributed by atoms with van der Waals surface area (Å²) < 4.78 is 28.5. The molecular formula is C15H12Cl2F2N4OS2. The van der Waals surface area contributed by atoms with Gasteiger partial charge in [-0.1, -0.05) is 23.2 Å². The van der Waals surface area contributed by atoms with Gasteiger partial charge in [-0.3, -0.25) is 10.9 Å². The molecule has 0 atom stereocenters. The molecule has 0 bridgehead atoms. The molecule has 0 radical (unpaired) electrons. The molecule has 0 aromatic heterocycles. The standard InChI is InChI=1S/C15H12Cl2F2N4OS2/c16-11-6-3-9(7-12(11)17)21-15(26)23-22-14(25)20-8-1-4-10(5-2-8)24-13(18)19/h1-7,13H,(H2,20,22,25)(H2,21,23,26). The van der Waals surface area contributed by atoms with Gasteiger partial charge in [0.05, 0.1) is 10.0 Å². The predicted molar refractivity (Wildman–Crippen MR) is 108 cm³/mol. The van der Waals surface area contributed by atoms with Crippen LogP contribution in [0.15, 0.2) is 42.5 Å². The zero-order valence-corrected chi connectivity index (χ0v) is 16.0. The second kappa shape index (κ2) is 9.67. The summed E-state index contributed by atoms with van der Waals surface area (Å²) in [5.74, 6) is 0.0505. The predicted octanol–water partition coefficient (Wildman–Crippen LogP) is 4.78. The number of nitrogens with one attached hydrogen (secondary N) is 4. The van der Waals surface area contributed by atoms with Gasteiger partial charge in [-0.2, -0.15) is 8.78 Å². The number of thiocarbonyl (C=S) groups is 2. The van der Waals surface area contributed by atoms with Crippen LogP contribution in [0, 0.1) is 0 Å². The molecule has 2 rings (SSSR count). The van der Waals surface area contributed by atoms with Gasteiger partial charge in [0.25, 0.3) is 0 Å². The molecule has 0 saturated heterocycles. The van der Waals surface area contributed by atoms with Crippen LogP contribution in [0.4, 0.5) is 20.2 Å². The SMILES string of the molecule is FC(F)Oc1ccc(NC(=S)NNC(=S)Nc2ccc(Cl)c(Cl)c2)cc1. The maximum atomic E-state index is 12.1. The van der Waals surface area contributed by atoms with Gasteiger partial charge in [-0.25, -0.2) is 0 Å². The highest BCUT2D eigenvalue weighted by molar-refractivity contribution is 7.81. The first kappa shape index (κ1) is 20.4. The van der Waals surface area contributed by atoms with Gasteiger partial charge < -0.3 is 15.4 Å². The van der Waals surface area contributed by atoms with E-state index in [2.05, 4.69) is 26.2 Å². The summed E-state index contributed by atoms with van der Waals surface area (Å²) in [6.45, 7) is -2.87. The van der Waals surface area contributed by atoms with Gasteiger partial charge in [-0.05, 0) is 66.9 Å². The van der Waals surface area contributed by atoms with Gasteiger partial charge in [-0.15, -0.1) is 0 Å². The first-order valence-corrected chi connectivity index (χ1v) is 8.54. The third kappa shape index (κ3) is 6.75. The van der Waals surface area contributed by atoms with Crippen LogP contribution in [0.3, 0.4) is 0 Å². The Labute approximate surface area is 169 Å². The molecule has 5 nitrogen and oxygen atoms in total.